The van der Waals surface area contributed by atoms with Crippen molar-refractivity contribution in [1.29, 1.82) is 0 Å². The van der Waals surface area contributed by atoms with Gasteiger partial charge in [-0.1, -0.05) is 18.2 Å². The maximum atomic E-state index is 12.2. The van der Waals surface area contributed by atoms with E-state index >= 15 is 0 Å². The topological polar surface area (TPSA) is 42.1 Å². The number of hydrogen-bond donors (Lipinski definition) is 1. The van der Waals surface area contributed by atoms with Gasteiger partial charge in [0.1, 0.15) is 12.4 Å². The van der Waals surface area contributed by atoms with Gasteiger partial charge in [0.25, 0.3) is 0 Å². The smallest absolute Gasteiger partial charge is 0.189 e. The van der Waals surface area contributed by atoms with Crippen molar-refractivity contribution in [2.45, 2.75) is 5.92 Å². The largest absolute Gasteiger partial charge is 0.492 e. The molecule has 1 aromatic heterocycles. The molecule has 2 aromatic rings. The van der Waals surface area contributed by atoms with Crippen molar-refractivity contribution in [3.8, 4) is 5.75 Å². The van der Waals surface area contributed by atoms with Gasteiger partial charge in [0, 0.05) is 11.8 Å². The normalized spacial score (nSPS) is 17.9. The lowest BCUT2D eigenvalue weighted by Gasteiger charge is -2.05. The number of hydrogen-bond acceptors (Lipinski definition) is 2. The van der Waals surface area contributed by atoms with Crippen molar-refractivity contribution >= 4 is 5.78 Å². The van der Waals surface area contributed by atoms with Crippen LogP contribution in [0.3, 0.4) is 0 Å². The highest BCUT2D eigenvalue weighted by Crippen LogP contribution is 2.35. The predicted octanol–water partition coefficient (Wildman–Crippen LogP) is 2.37. The molecule has 0 radical (unpaired) electrons. The summed E-state index contributed by atoms with van der Waals surface area (Å²) in [6.45, 7) is 0.442. The van der Waals surface area contributed by atoms with E-state index in [1.54, 1.807) is 12.3 Å². The number of H-pyrrole nitrogens is 1. The van der Waals surface area contributed by atoms with Gasteiger partial charge in [-0.3, -0.25) is 4.79 Å². The first-order chi connectivity index (χ1) is 7.86. The molecule has 1 aliphatic heterocycles. The molecule has 1 aliphatic rings. The maximum absolute atomic E-state index is 12.2. The zero-order valence-electron chi connectivity index (χ0n) is 8.64. The zero-order valence-corrected chi connectivity index (χ0v) is 8.64. The van der Waals surface area contributed by atoms with Crippen LogP contribution in [0.1, 0.15) is 22.0 Å². The molecule has 3 nitrogen and oxygen atoms in total. The molecule has 3 rings (SSSR count). The van der Waals surface area contributed by atoms with Crippen LogP contribution in [0.2, 0.25) is 0 Å². The second-order valence-corrected chi connectivity index (χ2v) is 3.85. The first kappa shape index (κ1) is 9.21. The number of para-hydroxylation sites is 1. The zero-order chi connectivity index (χ0) is 11.0. The third-order valence-electron chi connectivity index (χ3n) is 2.88. The highest BCUT2D eigenvalue weighted by molar-refractivity contribution is 6.00. The number of rotatable bonds is 2. The summed E-state index contributed by atoms with van der Waals surface area (Å²) in [4.78, 5) is 15.1. The molecule has 0 spiro atoms. The second kappa shape index (κ2) is 3.52. The number of aromatic nitrogens is 1. The number of carbonyl (C=O) groups excluding carboxylic acids is 1. The van der Waals surface area contributed by atoms with Gasteiger partial charge in [-0.25, -0.2) is 0 Å². The Balaban J connectivity index is 1.96. The van der Waals surface area contributed by atoms with Crippen molar-refractivity contribution in [3.05, 3.63) is 53.9 Å². The molecule has 0 bridgehead atoms. The van der Waals surface area contributed by atoms with E-state index in [1.807, 2.05) is 30.3 Å². The van der Waals surface area contributed by atoms with Gasteiger partial charge >= 0.3 is 0 Å². The van der Waals surface area contributed by atoms with E-state index in [2.05, 4.69) is 4.98 Å². The second-order valence-electron chi connectivity index (χ2n) is 3.85. The Kier molecular flexibility index (Phi) is 2.03. The molecule has 0 amide bonds. The minimum Gasteiger partial charge on any atom is -0.492 e. The average Bonchev–Trinajstić information content (AvgIpc) is 2.98. The first-order valence-corrected chi connectivity index (χ1v) is 5.25. The van der Waals surface area contributed by atoms with Crippen LogP contribution in [0.15, 0.2) is 42.6 Å². The summed E-state index contributed by atoms with van der Waals surface area (Å²) in [5, 5.41) is 0. The van der Waals surface area contributed by atoms with Crippen LogP contribution in [-0.2, 0) is 0 Å². The van der Waals surface area contributed by atoms with E-state index in [0.717, 1.165) is 11.3 Å². The van der Waals surface area contributed by atoms with E-state index in [9.17, 15) is 4.79 Å². The molecule has 80 valence electrons. The van der Waals surface area contributed by atoms with E-state index < -0.39 is 0 Å². The summed E-state index contributed by atoms with van der Waals surface area (Å²) >= 11 is 0. The summed E-state index contributed by atoms with van der Waals surface area (Å²) in [6.07, 6.45) is 1.76. The monoisotopic (exact) mass is 213 g/mol. The Morgan fingerprint density at radius 1 is 1.25 bits per heavy atom. The average molecular weight is 213 g/mol. The van der Waals surface area contributed by atoms with Crippen LogP contribution in [0, 0.1) is 0 Å². The number of benzene rings is 1. The number of nitrogens with one attached hydrogen (secondary N) is 1. The molecule has 3 heteroatoms. The number of ketones is 1. The fourth-order valence-electron chi connectivity index (χ4n) is 2.05. The van der Waals surface area contributed by atoms with Crippen molar-refractivity contribution in [2.24, 2.45) is 0 Å². The van der Waals surface area contributed by atoms with Gasteiger partial charge in [0.2, 0.25) is 0 Å². The van der Waals surface area contributed by atoms with Gasteiger partial charge in [-0.15, -0.1) is 0 Å². The highest BCUT2D eigenvalue weighted by Gasteiger charge is 2.30. The lowest BCUT2D eigenvalue weighted by Crippen LogP contribution is -2.14. The molecule has 0 saturated heterocycles. The van der Waals surface area contributed by atoms with Crippen LogP contribution in [0.4, 0.5) is 0 Å². The molecule has 1 N–H and O–H groups in total. The molecular formula is C13H11NO2. The summed E-state index contributed by atoms with van der Waals surface area (Å²) in [5.74, 6) is 0.747. The van der Waals surface area contributed by atoms with Crippen LogP contribution in [0.5, 0.6) is 5.75 Å². The third-order valence-corrected chi connectivity index (χ3v) is 2.88. The first-order valence-electron chi connectivity index (χ1n) is 5.25. The number of Topliss-reactive ketones (excluding diaryl/α,β-unsaturated/α-hetero) is 1. The Hall–Kier alpha value is -2.03. The fraction of sp³-hybridized carbons (Fsp3) is 0.154. The molecule has 1 atom stereocenters. The van der Waals surface area contributed by atoms with Crippen molar-refractivity contribution in [3.63, 3.8) is 0 Å². The lowest BCUT2D eigenvalue weighted by atomic mass is 9.95. The van der Waals surface area contributed by atoms with Gasteiger partial charge in [0.15, 0.2) is 5.78 Å². The standard InChI is InChI=1S/C13H11NO2/c15-13(11-5-3-7-14-11)10-8-16-12-6-2-1-4-9(10)12/h1-7,10,14H,8H2. The van der Waals surface area contributed by atoms with E-state index in [4.69, 9.17) is 4.74 Å². The van der Waals surface area contributed by atoms with Crippen LogP contribution in [-0.4, -0.2) is 17.4 Å². The Labute approximate surface area is 93.1 Å². The molecule has 1 aromatic carbocycles. The van der Waals surface area contributed by atoms with Crippen LogP contribution < -0.4 is 4.74 Å². The maximum Gasteiger partial charge on any atom is 0.189 e. The van der Waals surface area contributed by atoms with Crippen LogP contribution >= 0.6 is 0 Å². The van der Waals surface area contributed by atoms with Gasteiger partial charge < -0.3 is 9.72 Å². The summed E-state index contributed by atoms with van der Waals surface area (Å²) in [7, 11) is 0. The summed E-state index contributed by atoms with van der Waals surface area (Å²) in [5.41, 5.74) is 1.63. The minimum absolute atomic E-state index is 0.0925. The van der Waals surface area contributed by atoms with E-state index in [0.29, 0.717) is 12.3 Å². The Bertz CT molecular complexity index is 516. The molecule has 0 fully saturated rings. The van der Waals surface area contributed by atoms with Gasteiger partial charge in [-0.05, 0) is 18.2 Å². The minimum atomic E-state index is -0.171. The molecular weight excluding hydrogens is 202 g/mol. The SMILES string of the molecule is O=C(c1ccc[nH]1)C1COc2ccccc21. The molecule has 0 aliphatic carbocycles. The van der Waals surface area contributed by atoms with Crippen molar-refractivity contribution in [1.82, 2.24) is 4.98 Å². The molecule has 1 unspecified atom stereocenters. The van der Waals surface area contributed by atoms with E-state index in [-0.39, 0.29) is 11.7 Å². The fourth-order valence-corrected chi connectivity index (χ4v) is 2.05. The molecule has 16 heavy (non-hydrogen) atoms. The summed E-state index contributed by atoms with van der Waals surface area (Å²) in [6, 6.07) is 11.3. The van der Waals surface area contributed by atoms with E-state index in [1.165, 1.54) is 0 Å². The van der Waals surface area contributed by atoms with Gasteiger partial charge in [-0.2, -0.15) is 0 Å². The number of ether oxygens (including phenoxy) is 1. The quantitative estimate of drug-likeness (QED) is 0.778. The number of aromatic amines is 1. The Morgan fingerprint density at radius 2 is 2.12 bits per heavy atom. The third kappa shape index (κ3) is 1.33. The number of carbonyl (C=O) groups is 1. The highest BCUT2D eigenvalue weighted by atomic mass is 16.5. The lowest BCUT2D eigenvalue weighted by molar-refractivity contribution is 0.0943. The molecule has 2 heterocycles. The van der Waals surface area contributed by atoms with Crippen molar-refractivity contribution < 1.29 is 9.53 Å². The number of fused-ring (bicyclic) bond motifs is 1. The van der Waals surface area contributed by atoms with Crippen LogP contribution in [0.25, 0.3) is 0 Å². The Morgan fingerprint density at radius 3 is 2.94 bits per heavy atom. The summed E-state index contributed by atoms with van der Waals surface area (Å²) < 4.78 is 5.50. The molecule has 0 saturated carbocycles. The van der Waals surface area contributed by atoms with Gasteiger partial charge in [0.05, 0.1) is 11.6 Å². The van der Waals surface area contributed by atoms with Crippen molar-refractivity contribution in [2.75, 3.05) is 6.61 Å². The predicted molar refractivity (Wildman–Crippen MR) is 59.8 cm³/mol.